The third-order valence-corrected chi connectivity index (χ3v) is 4.67. The number of nitrogens with one attached hydrogen (secondary N) is 1. The molecule has 0 spiro atoms. The molecule has 0 aliphatic carbocycles. The van der Waals surface area contributed by atoms with Crippen molar-refractivity contribution in [3.05, 3.63) is 35.9 Å². The van der Waals surface area contributed by atoms with Crippen molar-refractivity contribution in [1.82, 2.24) is 10.2 Å². The summed E-state index contributed by atoms with van der Waals surface area (Å²) >= 11 is 0. The first-order chi connectivity index (χ1) is 11.2. The molecule has 2 heterocycles. The van der Waals surface area contributed by atoms with Crippen LogP contribution in [0.4, 0.5) is 0 Å². The maximum Gasteiger partial charge on any atom is 0.253 e. The Morgan fingerprint density at radius 2 is 1.83 bits per heavy atom. The van der Waals surface area contributed by atoms with Crippen LogP contribution in [0.5, 0.6) is 0 Å². The summed E-state index contributed by atoms with van der Waals surface area (Å²) in [5, 5.41) is 3.14. The second-order valence-electron chi connectivity index (χ2n) is 6.35. The van der Waals surface area contributed by atoms with Crippen molar-refractivity contribution in [2.75, 3.05) is 26.3 Å². The summed E-state index contributed by atoms with van der Waals surface area (Å²) in [6.07, 6.45) is 3.46. The maximum atomic E-state index is 12.5. The van der Waals surface area contributed by atoms with Gasteiger partial charge in [0.1, 0.15) is 0 Å². The number of amides is 2. The predicted octanol–water partition coefficient (Wildman–Crippen LogP) is 1.83. The Morgan fingerprint density at radius 1 is 1.09 bits per heavy atom. The Labute approximate surface area is 137 Å². The molecule has 0 bridgehead atoms. The lowest BCUT2D eigenvalue weighted by Crippen LogP contribution is -2.51. The van der Waals surface area contributed by atoms with Crippen LogP contribution in [-0.2, 0) is 9.53 Å². The van der Waals surface area contributed by atoms with Gasteiger partial charge in [-0.25, -0.2) is 0 Å². The molecule has 2 fully saturated rings. The zero-order valence-electron chi connectivity index (χ0n) is 13.4. The first-order valence-corrected chi connectivity index (χ1v) is 8.46. The van der Waals surface area contributed by atoms with Crippen LogP contribution in [-0.4, -0.2) is 49.1 Å². The van der Waals surface area contributed by atoms with Gasteiger partial charge >= 0.3 is 0 Å². The van der Waals surface area contributed by atoms with Crippen LogP contribution in [0.3, 0.4) is 0 Å². The van der Waals surface area contributed by atoms with Crippen LogP contribution in [0.15, 0.2) is 30.3 Å². The molecular weight excluding hydrogens is 292 g/mol. The van der Waals surface area contributed by atoms with Crippen LogP contribution in [0, 0.1) is 5.92 Å². The quantitative estimate of drug-likeness (QED) is 0.925. The second kappa shape index (κ2) is 7.59. The van der Waals surface area contributed by atoms with Gasteiger partial charge in [-0.15, -0.1) is 0 Å². The summed E-state index contributed by atoms with van der Waals surface area (Å²) in [4.78, 5) is 26.7. The Kier molecular flexibility index (Phi) is 5.28. The molecule has 1 N–H and O–H groups in total. The number of hydrogen-bond acceptors (Lipinski definition) is 3. The van der Waals surface area contributed by atoms with Gasteiger partial charge < -0.3 is 15.0 Å². The number of piperidine rings is 1. The Hall–Kier alpha value is -1.88. The highest BCUT2D eigenvalue weighted by atomic mass is 16.5. The number of ether oxygens (including phenoxy) is 1. The lowest BCUT2D eigenvalue weighted by atomic mass is 9.97. The van der Waals surface area contributed by atoms with E-state index in [4.69, 9.17) is 4.74 Å². The van der Waals surface area contributed by atoms with Gasteiger partial charge in [0.2, 0.25) is 5.91 Å². The number of carbonyl (C=O) groups excluding carboxylic acids is 2. The van der Waals surface area contributed by atoms with E-state index in [0.29, 0.717) is 25.3 Å². The standard InChI is InChI=1S/C18H24N2O3/c21-17(14-8-11-23-12-9-14)19-16-7-4-10-20(13-16)18(22)15-5-2-1-3-6-15/h1-3,5-6,14,16H,4,7-13H2,(H,19,21)/t16-/m0/s1. The summed E-state index contributed by atoms with van der Waals surface area (Å²) in [5.74, 6) is 0.229. The highest BCUT2D eigenvalue weighted by Crippen LogP contribution is 2.18. The number of carbonyl (C=O) groups is 2. The summed E-state index contributed by atoms with van der Waals surface area (Å²) in [5.41, 5.74) is 0.712. The maximum absolute atomic E-state index is 12.5. The van der Waals surface area contributed by atoms with Gasteiger partial charge in [0, 0.05) is 43.8 Å². The molecule has 1 atom stereocenters. The third kappa shape index (κ3) is 4.10. The van der Waals surface area contributed by atoms with E-state index in [1.165, 1.54) is 0 Å². The predicted molar refractivity (Wildman–Crippen MR) is 87.1 cm³/mol. The lowest BCUT2D eigenvalue weighted by Gasteiger charge is -2.34. The van der Waals surface area contributed by atoms with Crippen molar-refractivity contribution in [3.63, 3.8) is 0 Å². The first-order valence-electron chi connectivity index (χ1n) is 8.46. The molecule has 0 aromatic heterocycles. The SMILES string of the molecule is O=C(N[C@H]1CCCN(C(=O)c2ccccc2)C1)C1CCOCC1. The molecule has 1 aromatic rings. The van der Waals surface area contributed by atoms with E-state index >= 15 is 0 Å². The molecule has 2 aliphatic heterocycles. The molecule has 3 rings (SSSR count). The highest BCUT2D eigenvalue weighted by Gasteiger charge is 2.28. The van der Waals surface area contributed by atoms with E-state index < -0.39 is 0 Å². The number of nitrogens with zero attached hydrogens (tertiary/aromatic N) is 1. The molecule has 23 heavy (non-hydrogen) atoms. The number of hydrogen-bond donors (Lipinski definition) is 1. The van der Waals surface area contributed by atoms with E-state index in [2.05, 4.69) is 5.32 Å². The van der Waals surface area contributed by atoms with Crippen LogP contribution in [0.2, 0.25) is 0 Å². The molecule has 5 heteroatoms. The first kappa shape index (κ1) is 16.0. The molecule has 0 unspecified atom stereocenters. The molecule has 0 saturated carbocycles. The van der Waals surface area contributed by atoms with Crippen molar-refractivity contribution in [1.29, 1.82) is 0 Å². The minimum atomic E-state index is 0.0515. The van der Waals surface area contributed by atoms with Crippen LogP contribution >= 0.6 is 0 Å². The van der Waals surface area contributed by atoms with E-state index in [1.807, 2.05) is 35.2 Å². The molecular formula is C18H24N2O3. The third-order valence-electron chi connectivity index (χ3n) is 4.67. The van der Waals surface area contributed by atoms with Crippen molar-refractivity contribution >= 4 is 11.8 Å². The lowest BCUT2D eigenvalue weighted by molar-refractivity contribution is -0.128. The summed E-state index contributed by atoms with van der Waals surface area (Å²) in [6.45, 7) is 2.70. The van der Waals surface area contributed by atoms with Crippen molar-refractivity contribution in [3.8, 4) is 0 Å². The highest BCUT2D eigenvalue weighted by molar-refractivity contribution is 5.94. The topological polar surface area (TPSA) is 58.6 Å². The van der Waals surface area contributed by atoms with Gasteiger partial charge in [-0.05, 0) is 37.8 Å². The summed E-state index contributed by atoms with van der Waals surface area (Å²) in [6, 6.07) is 9.40. The summed E-state index contributed by atoms with van der Waals surface area (Å²) < 4.78 is 5.30. The van der Waals surface area contributed by atoms with E-state index in [0.717, 1.165) is 32.2 Å². The average Bonchev–Trinajstić information content (AvgIpc) is 2.63. The van der Waals surface area contributed by atoms with Crippen LogP contribution in [0.25, 0.3) is 0 Å². The van der Waals surface area contributed by atoms with Gasteiger partial charge in [0.25, 0.3) is 5.91 Å². The van der Waals surface area contributed by atoms with Crippen molar-refractivity contribution in [2.24, 2.45) is 5.92 Å². The van der Waals surface area contributed by atoms with Crippen molar-refractivity contribution < 1.29 is 14.3 Å². The Balaban J connectivity index is 1.55. The van der Waals surface area contributed by atoms with Gasteiger partial charge in [-0.3, -0.25) is 9.59 Å². The van der Waals surface area contributed by atoms with E-state index in [1.54, 1.807) is 0 Å². The molecule has 1 aromatic carbocycles. The zero-order valence-corrected chi connectivity index (χ0v) is 13.4. The smallest absolute Gasteiger partial charge is 0.253 e. The fraction of sp³-hybridized carbons (Fsp3) is 0.556. The largest absolute Gasteiger partial charge is 0.381 e. The fourth-order valence-corrected chi connectivity index (χ4v) is 3.32. The number of benzene rings is 1. The van der Waals surface area contributed by atoms with E-state index in [-0.39, 0.29) is 23.8 Å². The van der Waals surface area contributed by atoms with Crippen LogP contribution < -0.4 is 5.32 Å². The Bertz CT molecular complexity index is 540. The molecule has 2 amide bonds. The minimum absolute atomic E-state index is 0.0515. The second-order valence-corrected chi connectivity index (χ2v) is 6.35. The van der Waals surface area contributed by atoms with Crippen molar-refractivity contribution in [2.45, 2.75) is 31.7 Å². The van der Waals surface area contributed by atoms with Gasteiger partial charge in [0.05, 0.1) is 0 Å². The fourth-order valence-electron chi connectivity index (χ4n) is 3.32. The molecule has 2 aliphatic rings. The monoisotopic (exact) mass is 316 g/mol. The summed E-state index contributed by atoms with van der Waals surface area (Å²) in [7, 11) is 0. The van der Waals surface area contributed by atoms with Gasteiger partial charge in [-0.2, -0.15) is 0 Å². The van der Waals surface area contributed by atoms with Gasteiger partial charge in [0.15, 0.2) is 0 Å². The zero-order chi connectivity index (χ0) is 16.1. The normalized spacial score (nSPS) is 22.6. The Morgan fingerprint density at radius 3 is 2.57 bits per heavy atom. The van der Waals surface area contributed by atoms with Crippen LogP contribution in [0.1, 0.15) is 36.0 Å². The van der Waals surface area contributed by atoms with Gasteiger partial charge in [-0.1, -0.05) is 18.2 Å². The molecule has 2 saturated heterocycles. The molecule has 5 nitrogen and oxygen atoms in total. The number of rotatable bonds is 3. The average molecular weight is 316 g/mol. The number of likely N-dealkylation sites (tertiary alicyclic amines) is 1. The minimum Gasteiger partial charge on any atom is -0.381 e. The molecule has 124 valence electrons. The molecule has 0 radical (unpaired) electrons. The van der Waals surface area contributed by atoms with E-state index in [9.17, 15) is 9.59 Å².